The van der Waals surface area contributed by atoms with E-state index in [2.05, 4.69) is 31.9 Å². The van der Waals surface area contributed by atoms with Gasteiger partial charge in [0.2, 0.25) is 0 Å². The Labute approximate surface area is 123 Å². The SMILES string of the molecule is Cc1cc(S(=O)(=O)N2CCCC(Br)C2)sc1Br. The van der Waals surface area contributed by atoms with Crippen molar-refractivity contribution in [3.8, 4) is 0 Å². The molecule has 1 atom stereocenters. The maximum absolute atomic E-state index is 12.4. The second-order valence-corrected chi connectivity index (χ2v) is 9.95. The molecule has 7 heteroatoms. The molecule has 1 aromatic rings. The molecule has 2 rings (SSSR count). The van der Waals surface area contributed by atoms with Gasteiger partial charge in [-0.15, -0.1) is 11.3 Å². The lowest BCUT2D eigenvalue weighted by atomic mass is 10.2. The van der Waals surface area contributed by atoms with E-state index >= 15 is 0 Å². The van der Waals surface area contributed by atoms with Crippen LogP contribution < -0.4 is 0 Å². The summed E-state index contributed by atoms with van der Waals surface area (Å²) in [5, 5.41) is 0. The fraction of sp³-hybridized carbons (Fsp3) is 0.600. The Kier molecular flexibility index (Phi) is 4.35. The zero-order chi connectivity index (χ0) is 12.6. The number of nitrogens with zero attached hydrogens (tertiary/aromatic N) is 1. The summed E-state index contributed by atoms with van der Waals surface area (Å²) in [5.74, 6) is 0. The summed E-state index contributed by atoms with van der Waals surface area (Å²) < 4.78 is 27.7. The first-order valence-corrected chi connectivity index (χ1v) is 9.28. The van der Waals surface area contributed by atoms with E-state index < -0.39 is 10.0 Å². The van der Waals surface area contributed by atoms with Crippen LogP contribution in [-0.4, -0.2) is 30.6 Å². The summed E-state index contributed by atoms with van der Waals surface area (Å²) in [6.45, 7) is 3.10. The van der Waals surface area contributed by atoms with E-state index in [1.54, 1.807) is 10.4 Å². The van der Waals surface area contributed by atoms with Crippen LogP contribution in [0.4, 0.5) is 0 Å². The lowest BCUT2D eigenvalue weighted by molar-refractivity contribution is 0.356. The molecule has 3 nitrogen and oxygen atoms in total. The van der Waals surface area contributed by atoms with Crippen molar-refractivity contribution in [3.63, 3.8) is 0 Å². The Morgan fingerprint density at radius 3 is 2.76 bits per heavy atom. The molecule has 1 unspecified atom stereocenters. The molecule has 1 aromatic heterocycles. The first-order chi connectivity index (χ1) is 7.91. The van der Waals surface area contributed by atoms with Crippen molar-refractivity contribution in [1.29, 1.82) is 0 Å². The van der Waals surface area contributed by atoms with E-state index in [9.17, 15) is 8.42 Å². The molecule has 1 aliphatic heterocycles. The van der Waals surface area contributed by atoms with E-state index in [0.29, 0.717) is 17.3 Å². The van der Waals surface area contributed by atoms with Gasteiger partial charge in [0.1, 0.15) is 4.21 Å². The molecule has 0 spiro atoms. The number of sulfonamides is 1. The van der Waals surface area contributed by atoms with Crippen molar-refractivity contribution in [1.82, 2.24) is 4.31 Å². The number of hydrogen-bond acceptors (Lipinski definition) is 3. The van der Waals surface area contributed by atoms with Crippen LogP contribution >= 0.6 is 43.2 Å². The minimum Gasteiger partial charge on any atom is -0.206 e. The largest absolute Gasteiger partial charge is 0.252 e. The third-order valence-electron chi connectivity index (χ3n) is 2.76. The van der Waals surface area contributed by atoms with Crippen LogP contribution in [0.15, 0.2) is 14.1 Å². The van der Waals surface area contributed by atoms with Crippen LogP contribution in [0.2, 0.25) is 0 Å². The molecule has 1 aliphatic rings. The van der Waals surface area contributed by atoms with Gasteiger partial charge in [0.15, 0.2) is 0 Å². The second-order valence-electron chi connectivity index (χ2n) is 4.12. The number of rotatable bonds is 2. The summed E-state index contributed by atoms with van der Waals surface area (Å²) in [6, 6.07) is 1.74. The van der Waals surface area contributed by atoms with Gasteiger partial charge in [-0.2, -0.15) is 4.31 Å². The highest BCUT2D eigenvalue weighted by atomic mass is 79.9. The molecule has 0 N–H and O–H groups in total. The van der Waals surface area contributed by atoms with Gasteiger partial charge in [0, 0.05) is 17.9 Å². The summed E-state index contributed by atoms with van der Waals surface area (Å²) in [6.07, 6.45) is 1.96. The Morgan fingerprint density at radius 1 is 1.53 bits per heavy atom. The van der Waals surface area contributed by atoms with Gasteiger partial charge in [-0.05, 0) is 47.3 Å². The van der Waals surface area contributed by atoms with Crippen LogP contribution in [0, 0.1) is 6.92 Å². The third-order valence-corrected chi connectivity index (χ3v) is 7.95. The molecule has 0 aromatic carbocycles. The Bertz CT molecular complexity index is 493. The van der Waals surface area contributed by atoms with E-state index in [-0.39, 0.29) is 4.83 Å². The Hall–Kier alpha value is 0.570. The van der Waals surface area contributed by atoms with Crippen molar-refractivity contribution >= 4 is 53.2 Å². The van der Waals surface area contributed by atoms with Gasteiger partial charge in [-0.25, -0.2) is 8.42 Å². The van der Waals surface area contributed by atoms with E-state index in [1.165, 1.54) is 11.3 Å². The first kappa shape index (κ1) is 14.0. The number of aryl methyl sites for hydroxylation is 1. The van der Waals surface area contributed by atoms with Crippen LogP contribution in [0.25, 0.3) is 0 Å². The number of hydrogen-bond donors (Lipinski definition) is 0. The predicted octanol–water partition coefficient (Wildman–Crippen LogP) is 3.37. The normalized spacial score (nSPS) is 22.9. The van der Waals surface area contributed by atoms with Crippen LogP contribution in [-0.2, 0) is 10.0 Å². The Morgan fingerprint density at radius 2 is 2.24 bits per heavy atom. The maximum atomic E-state index is 12.4. The molecule has 0 bridgehead atoms. The van der Waals surface area contributed by atoms with Gasteiger partial charge in [-0.1, -0.05) is 15.9 Å². The van der Waals surface area contributed by atoms with Gasteiger partial charge in [0.05, 0.1) is 3.79 Å². The standard InChI is InChI=1S/C10H13Br2NO2S2/c1-7-5-9(16-10(7)12)17(14,15)13-4-2-3-8(11)6-13/h5,8H,2-4,6H2,1H3. The average molecular weight is 403 g/mol. The average Bonchev–Trinajstić information content (AvgIpc) is 2.60. The smallest absolute Gasteiger partial charge is 0.206 e. The predicted molar refractivity (Wildman–Crippen MR) is 77.5 cm³/mol. The minimum absolute atomic E-state index is 0.274. The molecule has 1 saturated heterocycles. The van der Waals surface area contributed by atoms with Gasteiger partial charge in [0.25, 0.3) is 10.0 Å². The monoisotopic (exact) mass is 401 g/mol. The van der Waals surface area contributed by atoms with Crippen LogP contribution in [0.3, 0.4) is 0 Å². The number of halogens is 2. The number of piperidine rings is 1. The van der Waals surface area contributed by atoms with Crippen LogP contribution in [0.1, 0.15) is 18.4 Å². The van der Waals surface area contributed by atoms with Gasteiger partial charge >= 0.3 is 0 Å². The summed E-state index contributed by atoms with van der Waals surface area (Å²) >= 11 is 8.16. The number of thiophene rings is 1. The molecule has 96 valence electrons. The van der Waals surface area contributed by atoms with Crippen molar-refractivity contribution < 1.29 is 8.42 Å². The highest BCUT2D eigenvalue weighted by Crippen LogP contribution is 2.33. The fourth-order valence-corrected chi connectivity index (χ4v) is 6.57. The topological polar surface area (TPSA) is 37.4 Å². The lowest BCUT2D eigenvalue weighted by Gasteiger charge is -2.28. The molecule has 0 radical (unpaired) electrons. The van der Waals surface area contributed by atoms with Crippen molar-refractivity contribution in [2.45, 2.75) is 28.8 Å². The molecule has 0 aliphatic carbocycles. The highest BCUT2D eigenvalue weighted by Gasteiger charge is 2.30. The maximum Gasteiger partial charge on any atom is 0.252 e. The van der Waals surface area contributed by atoms with Crippen LogP contribution in [0.5, 0.6) is 0 Å². The Balaban J connectivity index is 2.29. The zero-order valence-corrected chi connectivity index (χ0v) is 14.1. The van der Waals surface area contributed by atoms with Crippen molar-refractivity contribution in [2.24, 2.45) is 0 Å². The van der Waals surface area contributed by atoms with Gasteiger partial charge in [-0.3, -0.25) is 0 Å². The number of alkyl halides is 1. The molecule has 0 amide bonds. The van der Waals surface area contributed by atoms with E-state index in [4.69, 9.17) is 0 Å². The molecule has 1 fully saturated rings. The summed E-state index contributed by atoms with van der Waals surface area (Å²) in [5.41, 5.74) is 0.973. The summed E-state index contributed by atoms with van der Waals surface area (Å²) in [7, 11) is -3.30. The highest BCUT2D eigenvalue weighted by molar-refractivity contribution is 9.11. The third kappa shape index (κ3) is 2.94. The molecule has 2 heterocycles. The molecule has 17 heavy (non-hydrogen) atoms. The quantitative estimate of drug-likeness (QED) is 0.711. The first-order valence-electron chi connectivity index (χ1n) is 5.31. The lowest BCUT2D eigenvalue weighted by Crippen LogP contribution is -2.39. The molecular formula is C10H13Br2NO2S2. The van der Waals surface area contributed by atoms with E-state index in [0.717, 1.165) is 22.2 Å². The zero-order valence-electron chi connectivity index (χ0n) is 9.32. The van der Waals surface area contributed by atoms with Crippen molar-refractivity contribution in [3.05, 3.63) is 15.4 Å². The van der Waals surface area contributed by atoms with Gasteiger partial charge < -0.3 is 0 Å². The van der Waals surface area contributed by atoms with Crippen molar-refractivity contribution in [2.75, 3.05) is 13.1 Å². The summed E-state index contributed by atoms with van der Waals surface area (Å²) in [4.78, 5) is 0.274. The molecule has 0 saturated carbocycles. The minimum atomic E-state index is -3.30. The second kappa shape index (κ2) is 5.28. The molecular weight excluding hydrogens is 390 g/mol. The van der Waals surface area contributed by atoms with E-state index in [1.807, 2.05) is 6.92 Å². The fourth-order valence-electron chi connectivity index (χ4n) is 1.80.